The molecule has 0 aliphatic heterocycles. The van der Waals surface area contributed by atoms with Gasteiger partial charge in [-0.25, -0.2) is 0 Å². The van der Waals surface area contributed by atoms with Crippen LogP contribution in [0.3, 0.4) is 0 Å². The van der Waals surface area contributed by atoms with Crippen LogP contribution in [0.1, 0.15) is 12.5 Å². The summed E-state index contributed by atoms with van der Waals surface area (Å²) in [5, 5.41) is 0.771. The Morgan fingerprint density at radius 1 is 1.25 bits per heavy atom. The summed E-state index contributed by atoms with van der Waals surface area (Å²) < 4.78 is 37.5. The number of anilines is 1. The highest BCUT2D eigenvalue weighted by atomic mass is 19.4. The molecule has 0 amide bonds. The highest BCUT2D eigenvalue weighted by molar-refractivity contribution is 5.92. The van der Waals surface area contributed by atoms with Crippen LogP contribution < -0.4 is 5.73 Å². The van der Waals surface area contributed by atoms with E-state index in [4.69, 9.17) is 5.73 Å². The SMILES string of the molecule is CCN(Cc1ccc(N)c2cccnc12)CC(F)(F)F. The van der Waals surface area contributed by atoms with Crippen molar-refractivity contribution < 1.29 is 13.2 Å². The molecule has 2 rings (SSSR count). The summed E-state index contributed by atoms with van der Waals surface area (Å²) in [4.78, 5) is 5.57. The number of hydrogen-bond acceptors (Lipinski definition) is 3. The number of nitrogen functional groups attached to an aromatic ring is 1. The van der Waals surface area contributed by atoms with Gasteiger partial charge in [0, 0.05) is 23.8 Å². The first-order chi connectivity index (χ1) is 9.40. The smallest absolute Gasteiger partial charge is 0.398 e. The molecule has 2 N–H and O–H groups in total. The summed E-state index contributed by atoms with van der Waals surface area (Å²) in [6.45, 7) is 1.29. The van der Waals surface area contributed by atoms with E-state index in [2.05, 4.69) is 4.98 Å². The molecular formula is C14H16F3N3. The summed E-state index contributed by atoms with van der Waals surface area (Å²) in [5.74, 6) is 0. The summed E-state index contributed by atoms with van der Waals surface area (Å²) >= 11 is 0. The Labute approximate surface area is 115 Å². The molecule has 0 fully saturated rings. The largest absolute Gasteiger partial charge is 0.401 e. The van der Waals surface area contributed by atoms with E-state index in [0.29, 0.717) is 17.7 Å². The molecule has 0 bridgehead atoms. The third kappa shape index (κ3) is 3.39. The fourth-order valence-electron chi connectivity index (χ4n) is 2.15. The molecule has 1 aromatic heterocycles. The summed E-state index contributed by atoms with van der Waals surface area (Å²) in [5.41, 5.74) is 7.85. The summed E-state index contributed by atoms with van der Waals surface area (Å²) in [6.07, 6.45) is -2.58. The third-order valence-electron chi connectivity index (χ3n) is 3.13. The van der Waals surface area contributed by atoms with Crippen LogP contribution in [0.25, 0.3) is 10.9 Å². The number of pyridine rings is 1. The Kier molecular flexibility index (Phi) is 4.13. The monoisotopic (exact) mass is 283 g/mol. The van der Waals surface area contributed by atoms with Gasteiger partial charge in [-0.15, -0.1) is 0 Å². The topological polar surface area (TPSA) is 42.1 Å². The highest BCUT2D eigenvalue weighted by Gasteiger charge is 2.30. The second-order valence-electron chi connectivity index (χ2n) is 4.63. The van der Waals surface area contributed by atoms with Crippen LogP contribution in [-0.2, 0) is 6.54 Å². The first-order valence-electron chi connectivity index (χ1n) is 6.32. The number of nitrogens with zero attached hydrogens (tertiary/aromatic N) is 2. The van der Waals surface area contributed by atoms with E-state index in [0.717, 1.165) is 10.9 Å². The van der Waals surface area contributed by atoms with Crippen LogP contribution in [0, 0.1) is 0 Å². The Morgan fingerprint density at radius 3 is 2.65 bits per heavy atom. The minimum atomic E-state index is -4.20. The zero-order valence-electron chi connectivity index (χ0n) is 11.1. The molecule has 0 unspecified atom stereocenters. The fourth-order valence-corrected chi connectivity index (χ4v) is 2.15. The van der Waals surface area contributed by atoms with E-state index in [9.17, 15) is 13.2 Å². The van der Waals surface area contributed by atoms with Crippen molar-refractivity contribution in [3.8, 4) is 0 Å². The van der Waals surface area contributed by atoms with Gasteiger partial charge in [-0.1, -0.05) is 13.0 Å². The predicted molar refractivity (Wildman–Crippen MR) is 73.2 cm³/mol. The lowest BCUT2D eigenvalue weighted by molar-refractivity contribution is -0.146. The minimum absolute atomic E-state index is 0.198. The average Bonchev–Trinajstić information content (AvgIpc) is 2.40. The van der Waals surface area contributed by atoms with E-state index in [-0.39, 0.29) is 6.54 Å². The van der Waals surface area contributed by atoms with Crippen LogP contribution in [0.2, 0.25) is 0 Å². The first-order valence-corrected chi connectivity index (χ1v) is 6.32. The zero-order chi connectivity index (χ0) is 14.8. The normalized spacial score (nSPS) is 12.2. The van der Waals surface area contributed by atoms with Crippen LogP contribution in [0.4, 0.5) is 18.9 Å². The molecule has 1 heterocycles. The van der Waals surface area contributed by atoms with Crippen molar-refractivity contribution >= 4 is 16.6 Å². The number of aromatic nitrogens is 1. The number of benzene rings is 1. The van der Waals surface area contributed by atoms with Crippen molar-refractivity contribution in [2.24, 2.45) is 0 Å². The van der Waals surface area contributed by atoms with E-state index >= 15 is 0 Å². The molecule has 20 heavy (non-hydrogen) atoms. The quantitative estimate of drug-likeness (QED) is 0.876. The molecule has 1 aromatic carbocycles. The van der Waals surface area contributed by atoms with Gasteiger partial charge >= 0.3 is 6.18 Å². The Hall–Kier alpha value is -1.82. The van der Waals surface area contributed by atoms with Crippen molar-refractivity contribution in [1.82, 2.24) is 9.88 Å². The van der Waals surface area contributed by atoms with E-state index in [1.165, 1.54) is 4.90 Å². The van der Waals surface area contributed by atoms with Crippen LogP contribution in [-0.4, -0.2) is 29.1 Å². The molecule has 0 saturated heterocycles. The van der Waals surface area contributed by atoms with Gasteiger partial charge in [-0.05, 0) is 30.3 Å². The Balaban J connectivity index is 2.31. The maximum atomic E-state index is 12.5. The first kappa shape index (κ1) is 14.6. The fraction of sp³-hybridized carbons (Fsp3) is 0.357. The second kappa shape index (κ2) is 5.66. The van der Waals surface area contributed by atoms with E-state index in [1.807, 2.05) is 6.07 Å². The number of rotatable bonds is 4. The number of nitrogens with two attached hydrogens (primary N) is 1. The van der Waals surface area contributed by atoms with Gasteiger partial charge in [0.1, 0.15) is 0 Å². The Morgan fingerprint density at radius 2 is 2.00 bits per heavy atom. The summed E-state index contributed by atoms with van der Waals surface area (Å²) in [7, 11) is 0. The molecule has 0 spiro atoms. The lowest BCUT2D eigenvalue weighted by Gasteiger charge is -2.22. The van der Waals surface area contributed by atoms with E-state index in [1.54, 1.807) is 31.3 Å². The summed E-state index contributed by atoms with van der Waals surface area (Å²) in [6, 6.07) is 7.03. The van der Waals surface area contributed by atoms with Gasteiger partial charge in [0.15, 0.2) is 0 Å². The lowest BCUT2D eigenvalue weighted by atomic mass is 10.1. The molecule has 0 aliphatic rings. The van der Waals surface area contributed by atoms with Crippen molar-refractivity contribution in [1.29, 1.82) is 0 Å². The van der Waals surface area contributed by atoms with Gasteiger partial charge in [-0.3, -0.25) is 9.88 Å². The molecule has 6 heteroatoms. The maximum absolute atomic E-state index is 12.5. The highest BCUT2D eigenvalue weighted by Crippen LogP contribution is 2.25. The average molecular weight is 283 g/mol. The van der Waals surface area contributed by atoms with Crippen molar-refractivity contribution in [2.45, 2.75) is 19.6 Å². The molecule has 0 saturated carbocycles. The van der Waals surface area contributed by atoms with Crippen molar-refractivity contribution in [3.05, 3.63) is 36.0 Å². The molecular weight excluding hydrogens is 267 g/mol. The van der Waals surface area contributed by atoms with Crippen LogP contribution in [0.15, 0.2) is 30.5 Å². The number of fused-ring (bicyclic) bond motifs is 1. The second-order valence-corrected chi connectivity index (χ2v) is 4.63. The lowest BCUT2D eigenvalue weighted by Crippen LogP contribution is -2.33. The zero-order valence-corrected chi connectivity index (χ0v) is 11.1. The van der Waals surface area contributed by atoms with Gasteiger partial charge < -0.3 is 5.73 Å². The standard InChI is InChI=1S/C14H16F3N3/c1-2-20(9-14(15,16)17)8-10-5-6-12(18)11-4-3-7-19-13(10)11/h3-7H,2,8-9,18H2,1H3. The van der Waals surface area contributed by atoms with Crippen LogP contribution in [0.5, 0.6) is 0 Å². The van der Waals surface area contributed by atoms with Crippen LogP contribution >= 0.6 is 0 Å². The van der Waals surface area contributed by atoms with Crippen molar-refractivity contribution in [3.63, 3.8) is 0 Å². The molecule has 2 aromatic rings. The Bertz CT molecular complexity index is 596. The molecule has 3 nitrogen and oxygen atoms in total. The van der Waals surface area contributed by atoms with Gasteiger partial charge in [-0.2, -0.15) is 13.2 Å². The van der Waals surface area contributed by atoms with E-state index < -0.39 is 12.7 Å². The molecule has 0 radical (unpaired) electrons. The third-order valence-corrected chi connectivity index (χ3v) is 3.13. The van der Waals surface area contributed by atoms with Gasteiger partial charge in [0.2, 0.25) is 0 Å². The predicted octanol–water partition coefficient (Wildman–Crippen LogP) is 3.20. The number of hydrogen-bond donors (Lipinski definition) is 1. The molecule has 0 atom stereocenters. The molecule has 0 aliphatic carbocycles. The number of halogens is 3. The van der Waals surface area contributed by atoms with Crippen molar-refractivity contribution in [2.75, 3.05) is 18.8 Å². The van der Waals surface area contributed by atoms with Gasteiger partial charge in [0.05, 0.1) is 12.1 Å². The minimum Gasteiger partial charge on any atom is -0.398 e. The van der Waals surface area contributed by atoms with Gasteiger partial charge in [0.25, 0.3) is 0 Å². The number of alkyl halides is 3. The molecule has 108 valence electrons. The maximum Gasteiger partial charge on any atom is 0.401 e.